The molecule has 0 unspecified atom stereocenters. The van der Waals surface area contributed by atoms with Gasteiger partial charge >= 0.3 is 6.18 Å². The van der Waals surface area contributed by atoms with Crippen molar-refractivity contribution in [2.75, 3.05) is 31.1 Å². The van der Waals surface area contributed by atoms with Crippen LogP contribution in [0.4, 0.5) is 18.3 Å². The Morgan fingerprint density at radius 1 is 1.18 bits per heavy atom. The van der Waals surface area contributed by atoms with Gasteiger partial charge in [0.2, 0.25) is 5.13 Å². The molecule has 0 bridgehead atoms. The van der Waals surface area contributed by atoms with Crippen LogP contribution in [0.25, 0.3) is 0 Å². The number of aromatic nitrogens is 3. The van der Waals surface area contributed by atoms with Gasteiger partial charge in [0.1, 0.15) is 10.8 Å². The van der Waals surface area contributed by atoms with Gasteiger partial charge in [0.25, 0.3) is 0 Å². The number of piperazine rings is 1. The zero-order chi connectivity index (χ0) is 15.7. The maximum atomic E-state index is 12.5. The summed E-state index contributed by atoms with van der Waals surface area (Å²) in [7, 11) is 0. The average molecular weight is 349 g/mol. The molecule has 0 spiro atoms. The molecule has 3 rings (SSSR count). The fourth-order valence-electron chi connectivity index (χ4n) is 2.22. The lowest BCUT2D eigenvalue weighted by atomic mass is 10.3. The van der Waals surface area contributed by atoms with E-state index in [-0.39, 0.29) is 0 Å². The summed E-state index contributed by atoms with van der Waals surface area (Å²) in [6.07, 6.45) is -4.36. The Balaban J connectivity index is 1.55. The van der Waals surface area contributed by atoms with Gasteiger partial charge in [-0.15, -0.1) is 11.3 Å². The third kappa shape index (κ3) is 3.55. The van der Waals surface area contributed by atoms with Crippen molar-refractivity contribution in [2.45, 2.75) is 19.6 Å². The molecule has 3 heterocycles. The van der Waals surface area contributed by atoms with Crippen LogP contribution in [-0.2, 0) is 12.7 Å². The highest BCUT2D eigenvalue weighted by atomic mass is 32.1. The van der Waals surface area contributed by atoms with Crippen molar-refractivity contribution in [3.05, 3.63) is 21.9 Å². The summed E-state index contributed by atoms with van der Waals surface area (Å²) in [4.78, 5) is 12.3. The molecule has 1 saturated heterocycles. The van der Waals surface area contributed by atoms with Crippen LogP contribution in [0.2, 0.25) is 0 Å². The van der Waals surface area contributed by atoms with E-state index < -0.39 is 11.9 Å². The molecule has 0 radical (unpaired) electrons. The van der Waals surface area contributed by atoms with Gasteiger partial charge in [0, 0.05) is 43.1 Å². The van der Waals surface area contributed by atoms with E-state index in [1.54, 1.807) is 0 Å². The molecule has 0 N–H and O–H groups in total. The van der Waals surface area contributed by atoms with Gasteiger partial charge in [-0.1, -0.05) is 0 Å². The molecule has 5 nitrogen and oxygen atoms in total. The minimum atomic E-state index is -4.36. The lowest BCUT2D eigenvalue weighted by Crippen LogP contribution is -2.45. The van der Waals surface area contributed by atoms with E-state index >= 15 is 0 Å². The number of anilines is 1. The summed E-state index contributed by atoms with van der Waals surface area (Å²) in [5, 5.41) is 2.49. The second-order valence-electron chi connectivity index (χ2n) is 5.01. The molecule has 1 aliphatic heterocycles. The van der Waals surface area contributed by atoms with Gasteiger partial charge in [0.15, 0.2) is 5.69 Å². The van der Waals surface area contributed by atoms with Crippen molar-refractivity contribution in [3.63, 3.8) is 0 Å². The van der Waals surface area contributed by atoms with Crippen LogP contribution in [0.3, 0.4) is 0 Å². The van der Waals surface area contributed by atoms with E-state index in [1.807, 2.05) is 6.92 Å². The first-order valence-electron chi connectivity index (χ1n) is 6.71. The second-order valence-corrected chi connectivity index (χ2v) is 6.68. The van der Waals surface area contributed by atoms with Crippen molar-refractivity contribution in [2.24, 2.45) is 0 Å². The van der Waals surface area contributed by atoms with Gasteiger partial charge in [-0.25, -0.2) is 9.97 Å². The molecule has 120 valence electrons. The van der Waals surface area contributed by atoms with Crippen LogP contribution in [0.15, 0.2) is 5.38 Å². The Morgan fingerprint density at radius 2 is 1.91 bits per heavy atom. The number of aryl methyl sites for hydroxylation is 1. The molecule has 10 heteroatoms. The number of hydrogen-bond acceptors (Lipinski definition) is 7. The highest BCUT2D eigenvalue weighted by Crippen LogP contribution is 2.30. The number of alkyl halides is 3. The standard InChI is InChI=1S/C12H14F3N5S2/c1-8-16-11(22-18-8)20-4-2-19(3-5-20)6-10-17-9(7-21-10)12(13,14)15/h7H,2-6H2,1H3. The molecule has 1 fully saturated rings. The zero-order valence-corrected chi connectivity index (χ0v) is 13.4. The molecular formula is C12H14F3N5S2. The van der Waals surface area contributed by atoms with E-state index in [0.717, 1.165) is 53.9 Å². The maximum Gasteiger partial charge on any atom is 0.434 e. The molecule has 2 aromatic rings. The van der Waals surface area contributed by atoms with Gasteiger partial charge < -0.3 is 4.90 Å². The van der Waals surface area contributed by atoms with Crippen LogP contribution >= 0.6 is 22.9 Å². The first kappa shape index (κ1) is 15.6. The largest absolute Gasteiger partial charge is 0.434 e. The van der Waals surface area contributed by atoms with Crippen LogP contribution in [-0.4, -0.2) is 45.4 Å². The van der Waals surface area contributed by atoms with E-state index in [4.69, 9.17) is 0 Å². The summed E-state index contributed by atoms with van der Waals surface area (Å²) in [6.45, 7) is 5.47. The molecule has 0 amide bonds. The van der Waals surface area contributed by atoms with Crippen molar-refractivity contribution in [1.29, 1.82) is 0 Å². The van der Waals surface area contributed by atoms with Crippen LogP contribution in [0.1, 0.15) is 16.5 Å². The summed E-state index contributed by atoms with van der Waals surface area (Å²) in [5.74, 6) is 0.768. The predicted molar refractivity (Wildman–Crippen MR) is 79.3 cm³/mol. The summed E-state index contributed by atoms with van der Waals surface area (Å²) < 4.78 is 41.8. The number of rotatable bonds is 3. The van der Waals surface area contributed by atoms with Gasteiger partial charge in [-0.3, -0.25) is 4.90 Å². The van der Waals surface area contributed by atoms with E-state index in [9.17, 15) is 13.2 Å². The lowest BCUT2D eigenvalue weighted by Gasteiger charge is -2.33. The smallest absolute Gasteiger partial charge is 0.344 e. The third-order valence-electron chi connectivity index (χ3n) is 3.36. The van der Waals surface area contributed by atoms with Crippen LogP contribution in [0.5, 0.6) is 0 Å². The molecule has 0 aromatic carbocycles. The lowest BCUT2D eigenvalue weighted by molar-refractivity contribution is -0.140. The third-order valence-corrected chi connectivity index (χ3v) is 5.06. The van der Waals surface area contributed by atoms with Crippen molar-refractivity contribution in [3.8, 4) is 0 Å². The monoisotopic (exact) mass is 349 g/mol. The number of hydrogen-bond donors (Lipinski definition) is 0. The molecule has 0 saturated carbocycles. The Bertz CT molecular complexity index is 631. The van der Waals surface area contributed by atoms with Gasteiger partial charge in [-0.2, -0.15) is 17.5 Å². The van der Waals surface area contributed by atoms with E-state index in [1.165, 1.54) is 11.5 Å². The normalized spacial score (nSPS) is 17.2. The predicted octanol–water partition coefficient (Wildman–Crippen LogP) is 2.64. The number of halogens is 3. The summed E-state index contributed by atoms with van der Waals surface area (Å²) in [5.41, 5.74) is -0.796. The highest BCUT2D eigenvalue weighted by Gasteiger charge is 2.34. The average Bonchev–Trinajstić information content (AvgIpc) is 3.08. The van der Waals surface area contributed by atoms with Crippen molar-refractivity contribution in [1.82, 2.24) is 19.2 Å². The molecule has 22 heavy (non-hydrogen) atoms. The first-order chi connectivity index (χ1) is 10.4. The Hall–Kier alpha value is -1.26. The first-order valence-corrected chi connectivity index (χ1v) is 8.36. The van der Waals surface area contributed by atoms with Gasteiger partial charge in [0.05, 0.1) is 6.54 Å². The quantitative estimate of drug-likeness (QED) is 0.852. The topological polar surface area (TPSA) is 45.2 Å². The van der Waals surface area contributed by atoms with Crippen LogP contribution < -0.4 is 4.90 Å². The highest BCUT2D eigenvalue weighted by molar-refractivity contribution is 7.10. The fourth-order valence-corrected chi connectivity index (χ4v) is 3.78. The molecule has 0 atom stereocenters. The summed E-state index contributed by atoms with van der Waals surface area (Å²) >= 11 is 2.44. The molecular weight excluding hydrogens is 335 g/mol. The Morgan fingerprint density at radius 3 is 2.45 bits per heavy atom. The maximum absolute atomic E-state index is 12.5. The minimum absolute atomic E-state index is 0.462. The molecule has 0 aliphatic carbocycles. The van der Waals surface area contributed by atoms with Gasteiger partial charge in [-0.05, 0) is 6.92 Å². The number of thiazole rings is 1. The molecule has 1 aliphatic rings. The Kier molecular flexibility index (Phi) is 4.33. The minimum Gasteiger partial charge on any atom is -0.344 e. The summed E-state index contributed by atoms with van der Waals surface area (Å²) in [6, 6.07) is 0. The van der Waals surface area contributed by atoms with Crippen LogP contribution in [0, 0.1) is 6.92 Å². The second kappa shape index (κ2) is 6.09. The van der Waals surface area contributed by atoms with Crippen molar-refractivity contribution < 1.29 is 13.2 Å². The van der Waals surface area contributed by atoms with E-state index in [2.05, 4.69) is 24.1 Å². The van der Waals surface area contributed by atoms with Crippen molar-refractivity contribution >= 4 is 28.0 Å². The molecule has 2 aromatic heterocycles. The van der Waals surface area contributed by atoms with E-state index in [0.29, 0.717) is 11.6 Å². The number of nitrogens with zero attached hydrogens (tertiary/aromatic N) is 5. The fraction of sp³-hybridized carbons (Fsp3) is 0.583. The Labute approximate surface area is 133 Å². The SMILES string of the molecule is Cc1nsc(N2CCN(Cc3nc(C(F)(F)F)cs3)CC2)n1. The zero-order valence-electron chi connectivity index (χ0n) is 11.8.